The van der Waals surface area contributed by atoms with Gasteiger partial charge in [-0.05, 0) is 40.0 Å². The van der Waals surface area contributed by atoms with Gasteiger partial charge in [-0.1, -0.05) is 0 Å². The maximum atomic E-state index is 10.8. The van der Waals surface area contributed by atoms with Crippen molar-refractivity contribution < 1.29 is 14.6 Å². The smallest absolute Gasteiger partial charge is 0.393 e. The van der Waals surface area contributed by atoms with Gasteiger partial charge in [0, 0.05) is 17.7 Å². The second kappa shape index (κ2) is 4.85. The number of nitrogens with two attached hydrogens (primary N) is 1. The number of carbonyl (C=O) groups is 1. The zero-order chi connectivity index (χ0) is 14.2. The Hall–Kier alpha value is -1.56. The van der Waals surface area contributed by atoms with Gasteiger partial charge in [0.2, 0.25) is 5.88 Å². The molecule has 6 heteroatoms. The molecule has 1 saturated carbocycles. The molecule has 106 valence electrons. The summed E-state index contributed by atoms with van der Waals surface area (Å²) >= 11 is 0. The molecule has 3 N–H and O–H groups in total. The summed E-state index contributed by atoms with van der Waals surface area (Å²) in [6.45, 7) is 6.09. The summed E-state index contributed by atoms with van der Waals surface area (Å²) in [4.78, 5) is 10.8. The van der Waals surface area contributed by atoms with Crippen LogP contribution in [0.5, 0.6) is 5.88 Å². The van der Waals surface area contributed by atoms with E-state index in [0.29, 0.717) is 0 Å². The molecule has 1 aliphatic rings. The topological polar surface area (TPSA) is 90.4 Å². The highest BCUT2D eigenvalue weighted by atomic mass is 16.6. The van der Waals surface area contributed by atoms with E-state index in [2.05, 4.69) is 5.10 Å². The summed E-state index contributed by atoms with van der Waals surface area (Å²) in [6, 6.07) is 1.75. The second-order valence-corrected chi connectivity index (χ2v) is 6.07. The molecule has 0 aromatic carbocycles. The fourth-order valence-corrected chi connectivity index (χ4v) is 2.58. The first-order chi connectivity index (χ1) is 8.77. The molecule has 0 saturated heterocycles. The van der Waals surface area contributed by atoms with Gasteiger partial charge in [-0.15, -0.1) is 5.10 Å². The minimum Gasteiger partial charge on any atom is -0.393 e. The van der Waals surface area contributed by atoms with Gasteiger partial charge in [-0.2, -0.15) is 0 Å². The van der Waals surface area contributed by atoms with Crippen LogP contribution in [0.25, 0.3) is 0 Å². The molecule has 1 aliphatic carbocycles. The number of aromatic nitrogens is 2. The Morgan fingerprint density at radius 2 is 2.21 bits per heavy atom. The van der Waals surface area contributed by atoms with Crippen LogP contribution in [0.2, 0.25) is 0 Å². The largest absolute Gasteiger partial charge is 0.411 e. The zero-order valence-electron chi connectivity index (χ0n) is 11.6. The normalized spacial score (nSPS) is 23.6. The third-order valence-electron chi connectivity index (χ3n) is 3.38. The van der Waals surface area contributed by atoms with Gasteiger partial charge in [0.25, 0.3) is 0 Å². The van der Waals surface area contributed by atoms with Gasteiger partial charge in [0.1, 0.15) is 0 Å². The second-order valence-electron chi connectivity index (χ2n) is 6.07. The number of primary amides is 1. The van der Waals surface area contributed by atoms with Crippen LogP contribution in [0.3, 0.4) is 0 Å². The molecular formula is C13H21N3O3. The van der Waals surface area contributed by atoms with Gasteiger partial charge in [-0.25, -0.2) is 4.79 Å². The molecule has 0 spiro atoms. The van der Waals surface area contributed by atoms with Crippen LogP contribution >= 0.6 is 0 Å². The number of aliphatic hydroxyl groups is 1. The molecule has 0 unspecified atom stereocenters. The molecule has 1 aromatic heterocycles. The summed E-state index contributed by atoms with van der Waals surface area (Å²) < 4.78 is 6.72. The lowest BCUT2D eigenvalue weighted by atomic mass is 10.0. The van der Waals surface area contributed by atoms with Crippen LogP contribution in [0.1, 0.15) is 51.6 Å². The molecule has 1 fully saturated rings. The maximum absolute atomic E-state index is 10.8. The van der Waals surface area contributed by atoms with E-state index in [-0.39, 0.29) is 23.4 Å². The average Bonchev–Trinajstić information content (AvgIpc) is 2.82. The van der Waals surface area contributed by atoms with Crippen molar-refractivity contribution in [2.75, 3.05) is 0 Å². The van der Waals surface area contributed by atoms with E-state index in [0.717, 1.165) is 25.0 Å². The van der Waals surface area contributed by atoms with Crippen LogP contribution < -0.4 is 10.5 Å². The lowest BCUT2D eigenvalue weighted by Crippen LogP contribution is -2.26. The van der Waals surface area contributed by atoms with Gasteiger partial charge >= 0.3 is 6.09 Å². The molecule has 1 heterocycles. The first-order valence-electron chi connectivity index (χ1n) is 6.53. The third-order valence-corrected chi connectivity index (χ3v) is 3.38. The van der Waals surface area contributed by atoms with Gasteiger partial charge in [0.05, 0.1) is 11.6 Å². The fraction of sp³-hybridized carbons (Fsp3) is 0.692. The quantitative estimate of drug-likeness (QED) is 0.853. The number of rotatable bonds is 2. The van der Waals surface area contributed by atoms with Crippen LogP contribution in [-0.4, -0.2) is 27.1 Å². The number of ether oxygens (including phenoxy) is 1. The van der Waals surface area contributed by atoms with E-state index >= 15 is 0 Å². The van der Waals surface area contributed by atoms with E-state index in [4.69, 9.17) is 10.5 Å². The van der Waals surface area contributed by atoms with Gasteiger partial charge in [0.15, 0.2) is 0 Å². The zero-order valence-corrected chi connectivity index (χ0v) is 11.6. The maximum Gasteiger partial charge on any atom is 0.411 e. The van der Waals surface area contributed by atoms with E-state index in [1.165, 1.54) is 0 Å². The summed E-state index contributed by atoms with van der Waals surface area (Å²) in [5, 5.41) is 14.0. The van der Waals surface area contributed by atoms with Crippen molar-refractivity contribution in [3.8, 4) is 5.88 Å². The summed E-state index contributed by atoms with van der Waals surface area (Å²) in [5.74, 6) is 0.464. The van der Waals surface area contributed by atoms with E-state index in [1.54, 1.807) is 6.07 Å². The molecular weight excluding hydrogens is 246 g/mol. The van der Waals surface area contributed by atoms with Crippen molar-refractivity contribution in [3.05, 3.63) is 11.8 Å². The lowest BCUT2D eigenvalue weighted by molar-refractivity contribution is 0.180. The molecule has 1 aromatic rings. The highest BCUT2D eigenvalue weighted by Crippen LogP contribution is 2.37. The monoisotopic (exact) mass is 267 g/mol. The highest BCUT2D eigenvalue weighted by molar-refractivity contribution is 5.67. The van der Waals surface area contributed by atoms with Crippen molar-refractivity contribution in [2.45, 2.75) is 57.6 Å². The Morgan fingerprint density at radius 1 is 1.53 bits per heavy atom. The Morgan fingerprint density at radius 3 is 2.68 bits per heavy atom. The molecule has 0 radical (unpaired) electrons. The average molecular weight is 267 g/mol. The predicted octanol–water partition coefficient (Wildman–Crippen LogP) is 1.72. The van der Waals surface area contributed by atoms with Crippen LogP contribution in [0.15, 0.2) is 6.07 Å². The van der Waals surface area contributed by atoms with E-state index < -0.39 is 6.09 Å². The Kier molecular flexibility index (Phi) is 3.54. The number of carbonyl (C=O) groups excluding carboxylic acids is 1. The number of hydrogen-bond donors (Lipinski definition) is 2. The molecule has 2 rings (SSSR count). The predicted molar refractivity (Wildman–Crippen MR) is 70.0 cm³/mol. The van der Waals surface area contributed by atoms with Crippen LogP contribution in [0, 0.1) is 0 Å². The SMILES string of the molecule is CC(C)(C)n1nc(OC(N)=O)cc1[C@H]1CC[C@@H](O)C1. The first kappa shape index (κ1) is 13.9. The first-order valence-corrected chi connectivity index (χ1v) is 6.53. The molecule has 19 heavy (non-hydrogen) atoms. The Balaban J connectivity index is 2.34. The molecule has 0 aliphatic heterocycles. The molecule has 2 atom stereocenters. The lowest BCUT2D eigenvalue weighted by Gasteiger charge is -2.24. The molecule has 0 bridgehead atoms. The van der Waals surface area contributed by atoms with E-state index in [1.807, 2.05) is 25.5 Å². The van der Waals surface area contributed by atoms with Crippen molar-refractivity contribution in [1.29, 1.82) is 0 Å². The van der Waals surface area contributed by atoms with Gasteiger partial charge in [-0.3, -0.25) is 4.68 Å². The standard InChI is InChI=1S/C13H21N3O3/c1-13(2,3)16-10(8-4-5-9(17)6-8)7-11(15-16)19-12(14)18/h7-9,17H,4-6H2,1-3H3,(H2,14,18)/t8-,9+/m0/s1. The molecule has 1 amide bonds. The van der Waals surface area contributed by atoms with Crippen molar-refractivity contribution in [3.63, 3.8) is 0 Å². The van der Waals surface area contributed by atoms with Gasteiger partial charge < -0.3 is 15.6 Å². The summed E-state index contributed by atoms with van der Waals surface area (Å²) in [5.41, 5.74) is 5.78. The van der Waals surface area contributed by atoms with Crippen LogP contribution in [0.4, 0.5) is 4.79 Å². The Bertz CT molecular complexity index is 476. The number of nitrogens with zero attached hydrogens (tertiary/aromatic N) is 2. The highest BCUT2D eigenvalue weighted by Gasteiger charge is 2.31. The summed E-state index contributed by atoms with van der Waals surface area (Å²) in [7, 11) is 0. The third kappa shape index (κ3) is 3.07. The van der Waals surface area contributed by atoms with Crippen molar-refractivity contribution >= 4 is 6.09 Å². The number of hydrogen-bond acceptors (Lipinski definition) is 4. The van der Waals surface area contributed by atoms with Crippen LogP contribution in [-0.2, 0) is 5.54 Å². The minimum atomic E-state index is -0.864. The number of amides is 1. The van der Waals surface area contributed by atoms with Crippen molar-refractivity contribution in [1.82, 2.24) is 9.78 Å². The van der Waals surface area contributed by atoms with E-state index in [9.17, 15) is 9.90 Å². The minimum absolute atomic E-state index is 0.220. The van der Waals surface area contributed by atoms with Crippen molar-refractivity contribution in [2.24, 2.45) is 5.73 Å². The fourth-order valence-electron chi connectivity index (χ4n) is 2.58. The summed E-state index contributed by atoms with van der Waals surface area (Å²) in [6.07, 6.45) is 1.31. The molecule has 6 nitrogen and oxygen atoms in total. The Labute approximate surface area is 112 Å². The number of aliphatic hydroxyl groups excluding tert-OH is 1.